The molecule has 10 aliphatic rings. The number of aromatic hydroxyl groups is 1. The lowest BCUT2D eigenvalue weighted by Crippen LogP contribution is -2.77. The molecule has 328 valence electrons. The lowest BCUT2D eigenvalue weighted by atomic mass is 9.48. The molecule has 4 aliphatic heterocycles. The lowest BCUT2D eigenvalue weighted by Gasteiger charge is -2.64. The average molecular weight is 821 g/mol. The van der Waals surface area contributed by atoms with Gasteiger partial charge in [0.05, 0.1) is 40.8 Å². The zero-order chi connectivity index (χ0) is 38.2. The second-order valence-corrected chi connectivity index (χ2v) is 19.3. The molecule has 2 aromatic carbocycles. The Labute approximate surface area is 352 Å². The van der Waals surface area contributed by atoms with E-state index in [4.69, 9.17) is 18.9 Å². The monoisotopic (exact) mass is 821 g/mol. The highest BCUT2D eigenvalue weighted by Crippen LogP contribution is 2.67. The summed E-state index contributed by atoms with van der Waals surface area (Å²) in [5.41, 5.74) is 1.69. The van der Waals surface area contributed by atoms with Crippen LogP contribution in [0.1, 0.15) is 122 Å². The van der Waals surface area contributed by atoms with Gasteiger partial charge in [0.25, 0.3) is 0 Å². The van der Waals surface area contributed by atoms with Crippen LogP contribution in [0.5, 0.6) is 23.0 Å². The molecule has 6 fully saturated rings. The maximum atomic E-state index is 12.3. The van der Waals surface area contributed by atoms with E-state index in [0.29, 0.717) is 50.4 Å². The zero-order valence-electron chi connectivity index (χ0n) is 32.8. The Morgan fingerprint density at radius 2 is 1.15 bits per heavy atom. The van der Waals surface area contributed by atoms with Crippen molar-refractivity contribution in [1.82, 2.24) is 9.80 Å². The number of nitrogens with zero attached hydrogens (tertiary/aromatic N) is 2. The van der Waals surface area contributed by atoms with Gasteiger partial charge < -0.3 is 44.5 Å². The second-order valence-electron chi connectivity index (χ2n) is 19.3. The number of methoxy groups -OCH3 is 1. The number of phenols is 1. The number of phenolic OH excluding ortho intramolecular Hbond substituents is 1. The van der Waals surface area contributed by atoms with E-state index in [-0.39, 0.29) is 40.1 Å². The summed E-state index contributed by atoms with van der Waals surface area (Å²) in [5.74, 6) is 3.66. The highest BCUT2D eigenvalue weighted by molar-refractivity contribution is 5.64. The summed E-state index contributed by atoms with van der Waals surface area (Å²) in [6.45, 7) is 5.03. The molecule has 4 bridgehead atoms. The molecule has 2 saturated heterocycles. The number of hydrogen-bond acceptors (Lipinski definition) is 11. The van der Waals surface area contributed by atoms with E-state index in [0.717, 1.165) is 80.6 Å². The summed E-state index contributed by atoms with van der Waals surface area (Å²) >= 11 is 0. The second kappa shape index (κ2) is 15.3. The fourth-order valence-corrected chi connectivity index (χ4v) is 14.0. The minimum absolute atomic E-state index is 0. The van der Waals surface area contributed by atoms with E-state index in [1.54, 1.807) is 13.2 Å². The third kappa shape index (κ3) is 5.70. The summed E-state index contributed by atoms with van der Waals surface area (Å²) < 4.78 is 23.7. The van der Waals surface area contributed by atoms with E-state index in [1.165, 1.54) is 49.7 Å². The van der Waals surface area contributed by atoms with E-state index < -0.39 is 46.4 Å². The van der Waals surface area contributed by atoms with Gasteiger partial charge in [0.2, 0.25) is 0 Å². The molecule has 2 aromatic rings. The molecule has 11 heteroatoms. The molecule has 0 aromatic heterocycles. The quantitative estimate of drug-likeness (QED) is 0.211. The SMILES string of the molecule is C.C.C.COCCOc1ccc2c3c1OC1[C@@H](O)CC[C@@]4(O)[C@@H](C2)N(CC2CCC2)CC[C@]314.Oc1ccc2c3c1OC1[C@@H](O)CC[C@@]4(O)[C@@H](C2)N(CC2CCC2)CC[C@]314. The summed E-state index contributed by atoms with van der Waals surface area (Å²) in [5, 5.41) is 56.5. The molecule has 2 unspecified atom stereocenters. The summed E-state index contributed by atoms with van der Waals surface area (Å²) in [6.07, 6.45) is 11.6. The van der Waals surface area contributed by atoms with Gasteiger partial charge in [0, 0.05) is 43.4 Å². The van der Waals surface area contributed by atoms with E-state index in [1.807, 2.05) is 12.1 Å². The first-order valence-corrected chi connectivity index (χ1v) is 21.9. The van der Waals surface area contributed by atoms with Crippen LogP contribution in [0.2, 0.25) is 0 Å². The lowest BCUT2D eigenvalue weighted by molar-refractivity contribution is -0.209. The van der Waals surface area contributed by atoms with Gasteiger partial charge in [-0.15, -0.1) is 0 Å². The Morgan fingerprint density at radius 1 is 0.661 bits per heavy atom. The summed E-state index contributed by atoms with van der Waals surface area (Å²) in [6, 6.07) is 8.06. The molecular weight excluding hydrogens is 749 g/mol. The van der Waals surface area contributed by atoms with Crippen molar-refractivity contribution in [1.29, 1.82) is 0 Å². The Hall–Kier alpha value is -2.64. The number of piperidine rings is 2. The molecule has 10 atom stereocenters. The van der Waals surface area contributed by atoms with Gasteiger partial charge in [0.1, 0.15) is 18.8 Å². The molecule has 0 amide bonds. The van der Waals surface area contributed by atoms with Gasteiger partial charge in [-0.05, 0) is 125 Å². The van der Waals surface area contributed by atoms with Crippen LogP contribution < -0.4 is 14.2 Å². The first kappa shape index (κ1) is 43.0. The Bertz CT molecular complexity index is 1890. The van der Waals surface area contributed by atoms with Crippen molar-refractivity contribution in [2.45, 2.75) is 171 Å². The highest BCUT2D eigenvalue weighted by atomic mass is 16.6. The maximum absolute atomic E-state index is 12.3. The van der Waals surface area contributed by atoms with Crippen LogP contribution in [0.4, 0.5) is 0 Å². The third-order valence-corrected chi connectivity index (χ3v) is 17.0. The fourth-order valence-electron chi connectivity index (χ4n) is 14.0. The number of ether oxygens (including phenoxy) is 4. The maximum Gasteiger partial charge on any atom is 0.166 e. The molecule has 4 saturated carbocycles. The first-order chi connectivity index (χ1) is 27.1. The average Bonchev–Trinajstić information content (AvgIpc) is 3.70. The van der Waals surface area contributed by atoms with Crippen molar-refractivity contribution in [3.63, 3.8) is 0 Å². The van der Waals surface area contributed by atoms with Crippen molar-refractivity contribution in [3.05, 3.63) is 46.5 Å². The van der Waals surface area contributed by atoms with Crippen molar-refractivity contribution in [2.24, 2.45) is 11.8 Å². The topological polar surface area (TPSA) is 145 Å². The van der Waals surface area contributed by atoms with Crippen molar-refractivity contribution < 1.29 is 44.5 Å². The number of aliphatic hydroxyl groups excluding tert-OH is 2. The normalized spacial score (nSPS) is 39.1. The van der Waals surface area contributed by atoms with Crippen LogP contribution in [0.25, 0.3) is 0 Å². The van der Waals surface area contributed by atoms with E-state index >= 15 is 0 Å². The van der Waals surface area contributed by atoms with Crippen molar-refractivity contribution in [3.8, 4) is 23.0 Å². The van der Waals surface area contributed by atoms with Crippen LogP contribution in [0, 0.1) is 11.8 Å². The fraction of sp³-hybridized carbons (Fsp3) is 0.750. The molecule has 5 N–H and O–H groups in total. The van der Waals surface area contributed by atoms with Crippen LogP contribution in [0.15, 0.2) is 24.3 Å². The van der Waals surface area contributed by atoms with Gasteiger partial charge in [-0.3, -0.25) is 9.80 Å². The molecule has 12 rings (SSSR count). The minimum atomic E-state index is -0.884. The predicted molar refractivity (Wildman–Crippen MR) is 227 cm³/mol. The minimum Gasteiger partial charge on any atom is -0.504 e. The van der Waals surface area contributed by atoms with Crippen LogP contribution >= 0.6 is 0 Å². The van der Waals surface area contributed by atoms with Crippen LogP contribution in [-0.4, -0.2) is 130 Å². The number of aliphatic hydroxyl groups is 4. The Balaban J connectivity index is 0.000000157. The zero-order valence-corrected chi connectivity index (χ0v) is 32.8. The summed E-state index contributed by atoms with van der Waals surface area (Å²) in [7, 11) is 1.66. The Morgan fingerprint density at radius 3 is 1.64 bits per heavy atom. The van der Waals surface area contributed by atoms with Crippen LogP contribution in [0.3, 0.4) is 0 Å². The van der Waals surface area contributed by atoms with Gasteiger partial charge in [-0.25, -0.2) is 0 Å². The molecule has 2 spiro atoms. The van der Waals surface area contributed by atoms with E-state index in [9.17, 15) is 25.5 Å². The molecule has 6 aliphatic carbocycles. The van der Waals surface area contributed by atoms with Crippen molar-refractivity contribution in [2.75, 3.05) is 46.5 Å². The van der Waals surface area contributed by atoms with Crippen molar-refractivity contribution >= 4 is 0 Å². The van der Waals surface area contributed by atoms with E-state index in [2.05, 4.69) is 15.9 Å². The highest BCUT2D eigenvalue weighted by Gasteiger charge is 2.74. The van der Waals surface area contributed by atoms with Gasteiger partial charge in [-0.2, -0.15) is 0 Å². The van der Waals surface area contributed by atoms with Gasteiger partial charge in [0.15, 0.2) is 23.0 Å². The summed E-state index contributed by atoms with van der Waals surface area (Å²) in [4.78, 5) is 5.09. The molecule has 0 radical (unpaired) electrons. The molecule has 59 heavy (non-hydrogen) atoms. The largest absolute Gasteiger partial charge is 0.504 e. The molecular formula is C48H72N2O9. The molecule has 11 nitrogen and oxygen atoms in total. The van der Waals surface area contributed by atoms with Crippen LogP contribution in [-0.2, 0) is 28.4 Å². The smallest absolute Gasteiger partial charge is 0.166 e. The molecule has 4 heterocycles. The van der Waals surface area contributed by atoms with Gasteiger partial charge in [-0.1, -0.05) is 47.3 Å². The number of likely N-dealkylation sites (tertiary alicyclic amines) is 2. The third-order valence-electron chi connectivity index (χ3n) is 17.0. The number of benzene rings is 2. The number of hydrogen-bond donors (Lipinski definition) is 5. The Kier molecular flexibility index (Phi) is 11.2. The van der Waals surface area contributed by atoms with Gasteiger partial charge >= 0.3 is 0 Å². The number of rotatable bonds is 8. The standard InChI is InChI=1S/C24H33NO5.C21H27NO4.3CH4/c1-28-11-12-29-18-6-5-16-13-19-24(27)8-7-17(26)22-23(24,20(16)21(18)30-22)9-10-25(19)14-15-3-2-4-15;23-14-5-4-13-10-16-21(25)7-6-15(24)19-20(21,17(13)18(14)26-19)8-9-22(16)11-12-2-1-3-12;;;/h5-6,15,17,19,22,26-27H,2-4,7-14H2,1H3;4-5,12,15-16,19,23-25H,1-3,6-11H2;3*1H4/t17-,19+,22?,23-,24+;15-,16+,19?,20-,21+;;;/m00.../s1. The first-order valence-electron chi connectivity index (χ1n) is 21.9. The predicted octanol–water partition coefficient (Wildman–Crippen LogP) is 5.64.